The Morgan fingerprint density at radius 2 is 1.90 bits per heavy atom. The molecule has 2 rings (SSSR count). The maximum Gasteiger partial charge on any atom is 0.135 e. The molecule has 0 aliphatic heterocycles. The summed E-state index contributed by atoms with van der Waals surface area (Å²) >= 11 is 0. The fourth-order valence-corrected chi connectivity index (χ4v) is 1.98. The molecule has 20 heavy (non-hydrogen) atoms. The van der Waals surface area contributed by atoms with Crippen LogP contribution < -0.4 is 10.1 Å². The van der Waals surface area contributed by atoms with Gasteiger partial charge in [0.05, 0.1) is 7.11 Å². The maximum atomic E-state index is 5.16. The van der Waals surface area contributed by atoms with Gasteiger partial charge in [0.2, 0.25) is 0 Å². The Kier molecular flexibility index (Phi) is 4.93. The van der Waals surface area contributed by atoms with Gasteiger partial charge in [-0.3, -0.25) is 0 Å². The average Bonchev–Trinajstić information content (AvgIpc) is 2.45. The molecule has 0 spiro atoms. The zero-order valence-corrected chi connectivity index (χ0v) is 12.3. The van der Waals surface area contributed by atoms with Gasteiger partial charge in [0.25, 0.3) is 0 Å². The predicted molar refractivity (Wildman–Crippen MR) is 81.3 cm³/mol. The van der Waals surface area contributed by atoms with Gasteiger partial charge in [0.15, 0.2) is 0 Å². The molecule has 0 aliphatic rings. The number of benzene rings is 1. The summed E-state index contributed by atoms with van der Waals surface area (Å²) in [5, 5.41) is 3.31. The highest BCUT2D eigenvalue weighted by molar-refractivity contribution is 5.37. The van der Waals surface area contributed by atoms with Gasteiger partial charge < -0.3 is 10.1 Å². The van der Waals surface area contributed by atoms with Gasteiger partial charge in [-0.2, -0.15) is 0 Å². The van der Waals surface area contributed by atoms with E-state index in [0.29, 0.717) is 0 Å². The minimum Gasteiger partial charge on any atom is -0.497 e. The van der Waals surface area contributed by atoms with Crippen LogP contribution >= 0.6 is 0 Å². The van der Waals surface area contributed by atoms with Gasteiger partial charge in [0, 0.05) is 24.7 Å². The van der Waals surface area contributed by atoms with Crippen LogP contribution in [0.1, 0.15) is 30.4 Å². The topological polar surface area (TPSA) is 47.0 Å². The summed E-state index contributed by atoms with van der Waals surface area (Å²) in [6.07, 6.45) is 1.81. The highest BCUT2D eigenvalue weighted by Gasteiger charge is 2.04. The number of hydrogen-bond acceptors (Lipinski definition) is 4. The van der Waals surface area contributed by atoms with E-state index in [9.17, 15) is 0 Å². The van der Waals surface area contributed by atoms with E-state index in [4.69, 9.17) is 4.74 Å². The Labute approximate surface area is 120 Å². The Balaban J connectivity index is 2.12. The summed E-state index contributed by atoms with van der Waals surface area (Å²) < 4.78 is 5.16. The third-order valence-electron chi connectivity index (χ3n) is 2.98. The van der Waals surface area contributed by atoms with E-state index in [0.717, 1.165) is 42.5 Å². The minimum absolute atomic E-state index is 0.729. The molecule has 0 saturated heterocycles. The molecule has 1 heterocycles. The fraction of sp³-hybridized carbons (Fsp3) is 0.375. The highest BCUT2D eigenvalue weighted by atomic mass is 16.5. The third-order valence-corrected chi connectivity index (χ3v) is 2.98. The number of ether oxygens (including phenoxy) is 1. The molecule has 1 aromatic heterocycles. The predicted octanol–water partition coefficient (Wildman–Crippen LogP) is 3.21. The number of methoxy groups -OCH3 is 1. The zero-order chi connectivity index (χ0) is 14.4. The van der Waals surface area contributed by atoms with Gasteiger partial charge in [-0.15, -0.1) is 0 Å². The third kappa shape index (κ3) is 3.95. The van der Waals surface area contributed by atoms with Crippen LogP contribution in [-0.2, 0) is 6.42 Å². The first-order chi connectivity index (χ1) is 9.71. The quantitative estimate of drug-likeness (QED) is 0.876. The standard InChI is InChI=1S/C16H21N3O/c1-4-9-17-15-10-12(2)18-16(19-15)11-13-5-7-14(20-3)8-6-13/h5-8,10H,4,9,11H2,1-3H3,(H,17,18,19). The Bertz CT molecular complexity index is 552. The molecule has 106 valence electrons. The molecule has 0 radical (unpaired) electrons. The molecule has 0 unspecified atom stereocenters. The van der Waals surface area contributed by atoms with Crippen molar-refractivity contribution in [3.8, 4) is 5.75 Å². The first-order valence-corrected chi connectivity index (χ1v) is 6.92. The second-order valence-corrected chi connectivity index (χ2v) is 4.76. The number of anilines is 1. The number of aromatic nitrogens is 2. The number of nitrogens with one attached hydrogen (secondary N) is 1. The summed E-state index contributed by atoms with van der Waals surface area (Å²) in [6.45, 7) is 5.06. The molecule has 0 bridgehead atoms. The number of hydrogen-bond donors (Lipinski definition) is 1. The van der Waals surface area contributed by atoms with E-state index in [1.54, 1.807) is 7.11 Å². The van der Waals surface area contributed by atoms with Crippen LogP contribution in [0.5, 0.6) is 5.75 Å². The van der Waals surface area contributed by atoms with Crippen LogP contribution in [0.15, 0.2) is 30.3 Å². The molecule has 0 amide bonds. The smallest absolute Gasteiger partial charge is 0.135 e. The van der Waals surface area contributed by atoms with Crippen LogP contribution in [0, 0.1) is 6.92 Å². The average molecular weight is 271 g/mol. The lowest BCUT2D eigenvalue weighted by atomic mass is 10.1. The van der Waals surface area contributed by atoms with Gasteiger partial charge in [-0.1, -0.05) is 19.1 Å². The summed E-state index contributed by atoms with van der Waals surface area (Å²) in [5.74, 6) is 2.61. The van der Waals surface area contributed by atoms with Crippen molar-refractivity contribution in [1.82, 2.24) is 9.97 Å². The lowest BCUT2D eigenvalue weighted by molar-refractivity contribution is 0.414. The normalized spacial score (nSPS) is 10.3. The second-order valence-electron chi connectivity index (χ2n) is 4.76. The molecule has 2 aromatic rings. The SMILES string of the molecule is CCCNc1cc(C)nc(Cc2ccc(OC)cc2)n1. The second kappa shape index (κ2) is 6.89. The van der Waals surface area contributed by atoms with Crippen LogP contribution in [0.4, 0.5) is 5.82 Å². The zero-order valence-electron chi connectivity index (χ0n) is 12.3. The monoisotopic (exact) mass is 271 g/mol. The van der Waals surface area contributed by atoms with E-state index in [-0.39, 0.29) is 0 Å². The largest absolute Gasteiger partial charge is 0.497 e. The maximum absolute atomic E-state index is 5.16. The van der Waals surface area contributed by atoms with E-state index in [1.165, 1.54) is 5.56 Å². The first-order valence-electron chi connectivity index (χ1n) is 6.92. The molecule has 4 nitrogen and oxygen atoms in total. The van der Waals surface area contributed by atoms with Crippen LogP contribution in [0.2, 0.25) is 0 Å². The van der Waals surface area contributed by atoms with Crippen molar-refractivity contribution in [3.63, 3.8) is 0 Å². The molecule has 0 fully saturated rings. The van der Waals surface area contributed by atoms with Crippen molar-refractivity contribution in [1.29, 1.82) is 0 Å². The molecule has 1 aromatic carbocycles. The summed E-state index contributed by atoms with van der Waals surface area (Å²) in [4.78, 5) is 9.05. The van der Waals surface area contributed by atoms with Crippen molar-refractivity contribution in [2.75, 3.05) is 19.0 Å². The Hall–Kier alpha value is -2.10. The summed E-state index contributed by atoms with van der Waals surface area (Å²) in [7, 11) is 1.67. The fourth-order valence-electron chi connectivity index (χ4n) is 1.98. The molecule has 1 N–H and O–H groups in total. The van der Waals surface area contributed by atoms with Crippen LogP contribution in [0.3, 0.4) is 0 Å². The Morgan fingerprint density at radius 3 is 2.55 bits per heavy atom. The van der Waals surface area contributed by atoms with Crippen molar-refractivity contribution < 1.29 is 4.74 Å². The van der Waals surface area contributed by atoms with Crippen molar-refractivity contribution >= 4 is 5.82 Å². The van der Waals surface area contributed by atoms with Gasteiger partial charge in [-0.05, 0) is 31.0 Å². The van der Waals surface area contributed by atoms with Crippen molar-refractivity contribution in [3.05, 3.63) is 47.4 Å². The molecule has 0 atom stereocenters. The lowest BCUT2D eigenvalue weighted by Crippen LogP contribution is -2.06. The van der Waals surface area contributed by atoms with Crippen molar-refractivity contribution in [2.45, 2.75) is 26.7 Å². The molecule has 0 aliphatic carbocycles. The van der Waals surface area contributed by atoms with Crippen LogP contribution in [-0.4, -0.2) is 23.6 Å². The van der Waals surface area contributed by atoms with E-state index in [1.807, 2.05) is 37.3 Å². The summed E-state index contributed by atoms with van der Waals surface area (Å²) in [5.41, 5.74) is 2.17. The van der Waals surface area contributed by atoms with Gasteiger partial charge in [-0.25, -0.2) is 9.97 Å². The van der Waals surface area contributed by atoms with Gasteiger partial charge in [0.1, 0.15) is 17.4 Å². The number of rotatable bonds is 6. The Morgan fingerprint density at radius 1 is 1.15 bits per heavy atom. The van der Waals surface area contributed by atoms with Crippen molar-refractivity contribution in [2.24, 2.45) is 0 Å². The van der Waals surface area contributed by atoms with E-state index in [2.05, 4.69) is 22.2 Å². The van der Waals surface area contributed by atoms with E-state index >= 15 is 0 Å². The number of nitrogens with zero attached hydrogens (tertiary/aromatic N) is 2. The highest BCUT2D eigenvalue weighted by Crippen LogP contribution is 2.14. The number of aryl methyl sites for hydroxylation is 1. The minimum atomic E-state index is 0.729. The lowest BCUT2D eigenvalue weighted by Gasteiger charge is -2.08. The van der Waals surface area contributed by atoms with E-state index < -0.39 is 0 Å². The first kappa shape index (κ1) is 14.3. The molecular formula is C16H21N3O. The summed E-state index contributed by atoms with van der Waals surface area (Å²) in [6, 6.07) is 9.99. The van der Waals surface area contributed by atoms with Gasteiger partial charge >= 0.3 is 0 Å². The van der Waals surface area contributed by atoms with Crippen LogP contribution in [0.25, 0.3) is 0 Å². The molecule has 0 saturated carbocycles. The molecule has 4 heteroatoms. The molecular weight excluding hydrogens is 250 g/mol.